The fourth-order valence-electron chi connectivity index (χ4n) is 3.43. The summed E-state index contributed by atoms with van der Waals surface area (Å²) >= 11 is 0. The van der Waals surface area contributed by atoms with Gasteiger partial charge >= 0.3 is 0 Å². The van der Waals surface area contributed by atoms with E-state index >= 15 is 0 Å². The lowest BCUT2D eigenvalue weighted by Gasteiger charge is -2.14. The van der Waals surface area contributed by atoms with Crippen LogP contribution in [-0.4, -0.2) is 24.9 Å². The minimum atomic E-state index is 0.0973. The Bertz CT molecular complexity index is 1280. The summed E-state index contributed by atoms with van der Waals surface area (Å²) in [5.74, 6) is 1.29. The van der Waals surface area contributed by atoms with E-state index < -0.39 is 0 Å². The van der Waals surface area contributed by atoms with Gasteiger partial charge in [-0.3, -0.25) is 4.98 Å². The van der Waals surface area contributed by atoms with Crippen molar-refractivity contribution in [3.63, 3.8) is 0 Å². The zero-order valence-electron chi connectivity index (χ0n) is 16.4. The molecule has 0 aliphatic carbocycles. The summed E-state index contributed by atoms with van der Waals surface area (Å²) in [4.78, 5) is 21.2. The molecule has 0 saturated heterocycles. The van der Waals surface area contributed by atoms with Gasteiger partial charge in [-0.1, -0.05) is 36.4 Å². The molecule has 0 unspecified atom stereocenters. The lowest BCUT2D eigenvalue weighted by Crippen LogP contribution is -2.09. The Morgan fingerprint density at radius 2 is 1.67 bits per heavy atom. The highest BCUT2D eigenvalue weighted by atomic mass is 15.1. The summed E-state index contributed by atoms with van der Waals surface area (Å²) < 4.78 is 0. The fraction of sp³-hybridized carbons (Fsp3) is 0.0833. The van der Waals surface area contributed by atoms with Crippen LogP contribution in [0.15, 0.2) is 85.3 Å². The third kappa shape index (κ3) is 3.63. The minimum Gasteiger partial charge on any atom is -0.348 e. The van der Waals surface area contributed by atoms with Gasteiger partial charge in [0.25, 0.3) is 0 Å². The molecular formula is C24H20N6. The molecule has 0 bridgehead atoms. The first-order chi connectivity index (χ1) is 14.8. The number of pyridine rings is 1. The molecule has 0 amide bonds. The van der Waals surface area contributed by atoms with Gasteiger partial charge in [0.1, 0.15) is 5.69 Å². The van der Waals surface area contributed by atoms with Crippen LogP contribution in [0.3, 0.4) is 0 Å². The van der Waals surface area contributed by atoms with Gasteiger partial charge < -0.3 is 10.3 Å². The molecule has 2 N–H and O–H groups in total. The van der Waals surface area contributed by atoms with Crippen molar-refractivity contribution in [2.75, 3.05) is 5.32 Å². The average molecular weight is 392 g/mol. The van der Waals surface area contributed by atoms with Gasteiger partial charge in [-0.25, -0.2) is 15.0 Å². The predicted octanol–water partition coefficient (Wildman–Crippen LogP) is 5.26. The van der Waals surface area contributed by atoms with E-state index in [1.165, 1.54) is 5.56 Å². The molecule has 0 fully saturated rings. The summed E-state index contributed by atoms with van der Waals surface area (Å²) in [6.07, 6.45) is 5.34. The number of imidazole rings is 1. The summed E-state index contributed by atoms with van der Waals surface area (Å²) in [5, 5.41) is 3.36. The molecule has 0 spiro atoms. The van der Waals surface area contributed by atoms with Crippen LogP contribution in [0.4, 0.5) is 5.95 Å². The number of aromatic amines is 1. The fourth-order valence-corrected chi connectivity index (χ4v) is 3.43. The first-order valence-electron chi connectivity index (χ1n) is 9.81. The van der Waals surface area contributed by atoms with Crippen molar-refractivity contribution in [3.05, 3.63) is 90.9 Å². The summed E-state index contributed by atoms with van der Waals surface area (Å²) in [6.45, 7) is 2.09. The van der Waals surface area contributed by atoms with Crippen molar-refractivity contribution >= 4 is 17.0 Å². The maximum atomic E-state index is 4.71. The van der Waals surface area contributed by atoms with Crippen molar-refractivity contribution < 1.29 is 0 Å². The molecule has 146 valence electrons. The van der Waals surface area contributed by atoms with Gasteiger partial charge in [-0.05, 0) is 53.9 Å². The second-order valence-corrected chi connectivity index (χ2v) is 7.10. The summed E-state index contributed by atoms with van der Waals surface area (Å²) in [5.41, 5.74) is 6.01. The maximum absolute atomic E-state index is 4.71. The molecule has 1 atom stereocenters. The van der Waals surface area contributed by atoms with Crippen molar-refractivity contribution in [1.29, 1.82) is 0 Å². The predicted molar refractivity (Wildman–Crippen MR) is 119 cm³/mol. The Kier molecular flexibility index (Phi) is 4.65. The molecule has 6 heteroatoms. The second-order valence-electron chi connectivity index (χ2n) is 7.10. The van der Waals surface area contributed by atoms with Crippen molar-refractivity contribution in [3.8, 4) is 22.6 Å². The molecule has 3 aromatic heterocycles. The third-order valence-electron chi connectivity index (χ3n) is 5.04. The SMILES string of the molecule is C[C@H](Nc1nccc(-c2nc3ccc(-c4ccncc4)cc3[nH]2)n1)c1ccccc1. The normalized spacial score (nSPS) is 12.0. The highest BCUT2D eigenvalue weighted by Crippen LogP contribution is 2.25. The van der Waals surface area contributed by atoms with E-state index in [0.29, 0.717) is 5.95 Å². The number of benzene rings is 2. The smallest absolute Gasteiger partial charge is 0.223 e. The molecule has 30 heavy (non-hydrogen) atoms. The Labute approximate surface area is 174 Å². The van der Waals surface area contributed by atoms with Crippen LogP contribution >= 0.6 is 0 Å². The zero-order chi connectivity index (χ0) is 20.3. The van der Waals surface area contributed by atoms with Crippen LogP contribution < -0.4 is 5.32 Å². The molecular weight excluding hydrogens is 372 g/mol. The number of hydrogen-bond donors (Lipinski definition) is 2. The molecule has 3 heterocycles. The van der Waals surface area contributed by atoms with Gasteiger partial charge in [0, 0.05) is 18.6 Å². The molecule has 0 saturated carbocycles. The van der Waals surface area contributed by atoms with Crippen molar-refractivity contribution in [2.45, 2.75) is 13.0 Å². The Hall–Kier alpha value is -4.06. The first kappa shape index (κ1) is 18.0. The van der Waals surface area contributed by atoms with Gasteiger partial charge in [-0.2, -0.15) is 0 Å². The first-order valence-corrected chi connectivity index (χ1v) is 9.81. The van der Waals surface area contributed by atoms with Crippen LogP contribution in [0.2, 0.25) is 0 Å². The quantitative estimate of drug-likeness (QED) is 0.427. The number of fused-ring (bicyclic) bond motifs is 1. The van der Waals surface area contributed by atoms with Crippen molar-refractivity contribution in [1.82, 2.24) is 24.9 Å². The molecule has 0 aliphatic heterocycles. The molecule has 6 nitrogen and oxygen atoms in total. The van der Waals surface area contributed by atoms with Crippen molar-refractivity contribution in [2.24, 2.45) is 0 Å². The summed E-state index contributed by atoms with van der Waals surface area (Å²) in [7, 11) is 0. The largest absolute Gasteiger partial charge is 0.348 e. The highest BCUT2D eigenvalue weighted by molar-refractivity contribution is 5.84. The number of nitrogens with one attached hydrogen (secondary N) is 2. The van der Waals surface area contributed by atoms with E-state index in [-0.39, 0.29) is 6.04 Å². The van der Waals surface area contributed by atoms with Gasteiger partial charge in [0.2, 0.25) is 5.95 Å². The van der Waals surface area contributed by atoms with E-state index in [2.05, 4.69) is 56.4 Å². The van der Waals surface area contributed by atoms with E-state index in [1.807, 2.05) is 42.5 Å². The Balaban J connectivity index is 1.43. The van der Waals surface area contributed by atoms with Gasteiger partial charge in [-0.15, -0.1) is 0 Å². The number of anilines is 1. The molecule has 5 aromatic rings. The number of H-pyrrole nitrogens is 1. The van der Waals surface area contributed by atoms with Crippen LogP contribution in [-0.2, 0) is 0 Å². The topological polar surface area (TPSA) is 79.4 Å². The minimum absolute atomic E-state index is 0.0973. The molecule has 2 aromatic carbocycles. The van der Waals surface area contributed by atoms with Crippen LogP contribution in [0, 0.1) is 0 Å². The lowest BCUT2D eigenvalue weighted by molar-refractivity contribution is 0.860. The number of hydrogen-bond acceptors (Lipinski definition) is 5. The highest BCUT2D eigenvalue weighted by Gasteiger charge is 2.11. The lowest BCUT2D eigenvalue weighted by atomic mass is 10.1. The van der Waals surface area contributed by atoms with Crippen LogP contribution in [0.1, 0.15) is 18.5 Å². The average Bonchev–Trinajstić information content (AvgIpc) is 3.24. The Morgan fingerprint density at radius 3 is 2.50 bits per heavy atom. The zero-order valence-corrected chi connectivity index (χ0v) is 16.4. The monoisotopic (exact) mass is 392 g/mol. The Morgan fingerprint density at radius 1 is 0.833 bits per heavy atom. The third-order valence-corrected chi connectivity index (χ3v) is 5.04. The standard InChI is InChI=1S/C24H20N6/c1-16(17-5-3-2-4-6-17)27-24-26-14-11-21(30-24)23-28-20-8-7-19(15-22(20)29-23)18-9-12-25-13-10-18/h2-16H,1H3,(H,28,29)(H,26,27,30)/t16-/m0/s1. The molecule has 5 rings (SSSR count). The molecule has 0 radical (unpaired) electrons. The number of aromatic nitrogens is 5. The van der Waals surface area contributed by atoms with Crippen LogP contribution in [0.25, 0.3) is 33.7 Å². The maximum Gasteiger partial charge on any atom is 0.223 e. The molecule has 0 aliphatic rings. The van der Waals surface area contributed by atoms with Gasteiger partial charge in [0.15, 0.2) is 5.82 Å². The van der Waals surface area contributed by atoms with Gasteiger partial charge in [0.05, 0.1) is 17.1 Å². The van der Waals surface area contributed by atoms with Crippen LogP contribution in [0.5, 0.6) is 0 Å². The van der Waals surface area contributed by atoms with E-state index in [1.54, 1.807) is 18.6 Å². The van der Waals surface area contributed by atoms with E-state index in [9.17, 15) is 0 Å². The summed E-state index contributed by atoms with van der Waals surface area (Å²) in [6, 6.07) is 22.4. The second kappa shape index (κ2) is 7.75. The number of nitrogens with zero attached hydrogens (tertiary/aromatic N) is 4. The van der Waals surface area contributed by atoms with E-state index in [4.69, 9.17) is 4.98 Å². The number of rotatable bonds is 5. The van der Waals surface area contributed by atoms with E-state index in [0.717, 1.165) is 33.7 Å².